The van der Waals surface area contributed by atoms with E-state index in [2.05, 4.69) is 10.3 Å². The highest BCUT2D eigenvalue weighted by Gasteiger charge is 2.53. The highest BCUT2D eigenvalue weighted by molar-refractivity contribution is 6.02. The van der Waals surface area contributed by atoms with Crippen LogP contribution in [-0.4, -0.2) is 47.2 Å². The number of ether oxygens (including phenoxy) is 2. The monoisotopic (exact) mass is 326 g/mol. The van der Waals surface area contributed by atoms with Crippen molar-refractivity contribution in [1.29, 1.82) is 0 Å². The number of benzene rings is 1. The van der Waals surface area contributed by atoms with E-state index in [1.54, 1.807) is 12.1 Å². The molecule has 1 amide bonds. The maximum absolute atomic E-state index is 12.6. The molecular formula is C17H14N2O5. The van der Waals surface area contributed by atoms with Crippen LogP contribution in [0.25, 0.3) is 10.9 Å². The minimum Gasteiger partial charge on any atom is -0.494 e. The molecule has 2 aliphatic rings. The third-order valence-corrected chi connectivity index (χ3v) is 4.12. The lowest BCUT2D eigenvalue weighted by atomic mass is 10.0. The molecule has 2 N–H and O–H groups in total. The van der Waals surface area contributed by atoms with E-state index < -0.39 is 24.2 Å². The van der Waals surface area contributed by atoms with Gasteiger partial charge in [0, 0.05) is 11.5 Å². The number of methoxy groups -OCH3 is 1. The van der Waals surface area contributed by atoms with Gasteiger partial charge in [0.15, 0.2) is 17.2 Å². The highest BCUT2D eigenvalue weighted by Crippen LogP contribution is 2.33. The predicted molar refractivity (Wildman–Crippen MR) is 83.5 cm³/mol. The summed E-state index contributed by atoms with van der Waals surface area (Å²) in [5.74, 6) is -0.516. The number of hydrogen-bond acceptors (Lipinski definition) is 6. The molecule has 1 fully saturated rings. The van der Waals surface area contributed by atoms with Crippen molar-refractivity contribution in [2.75, 3.05) is 7.11 Å². The fraction of sp³-hybridized carbons (Fsp3) is 0.235. The van der Waals surface area contributed by atoms with E-state index >= 15 is 0 Å². The molecule has 24 heavy (non-hydrogen) atoms. The van der Waals surface area contributed by atoms with Crippen LogP contribution in [0.15, 0.2) is 42.1 Å². The molecule has 4 rings (SSSR count). The fourth-order valence-corrected chi connectivity index (χ4v) is 2.81. The summed E-state index contributed by atoms with van der Waals surface area (Å²) >= 11 is 0. The van der Waals surface area contributed by atoms with Crippen molar-refractivity contribution in [1.82, 2.24) is 10.3 Å². The number of nitrogens with zero attached hydrogens (tertiary/aromatic N) is 1. The first-order valence-corrected chi connectivity index (χ1v) is 7.42. The Morgan fingerprint density at radius 2 is 2.17 bits per heavy atom. The number of ketones is 1. The Labute approximate surface area is 136 Å². The standard InChI is InChI=1S/C17H14N2O5/c1-23-12-6-8-4-2-3-5-9(8)18-13(12)17(22)19-10-7-11(20)15-16(24-15)14(10)21/h2-7,14-16,21H,1H3,(H,19,22). The van der Waals surface area contributed by atoms with Gasteiger partial charge in [0.1, 0.15) is 18.3 Å². The smallest absolute Gasteiger partial charge is 0.277 e. The molecule has 0 bridgehead atoms. The van der Waals surface area contributed by atoms with Gasteiger partial charge in [0.25, 0.3) is 5.91 Å². The summed E-state index contributed by atoms with van der Waals surface area (Å²) in [6.45, 7) is 0. The van der Waals surface area contributed by atoms with Crippen LogP contribution in [0.1, 0.15) is 10.5 Å². The Balaban J connectivity index is 1.67. The first-order chi connectivity index (χ1) is 11.6. The zero-order chi connectivity index (χ0) is 16.8. The maximum Gasteiger partial charge on any atom is 0.277 e. The van der Waals surface area contributed by atoms with Crippen molar-refractivity contribution in [3.05, 3.63) is 47.8 Å². The Morgan fingerprint density at radius 3 is 2.96 bits per heavy atom. The van der Waals surface area contributed by atoms with Crippen LogP contribution in [0.2, 0.25) is 0 Å². The molecule has 122 valence electrons. The summed E-state index contributed by atoms with van der Waals surface area (Å²) in [5.41, 5.74) is 0.833. The van der Waals surface area contributed by atoms with Crippen molar-refractivity contribution in [2.45, 2.75) is 18.3 Å². The number of fused-ring (bicyclic) bond motifs is 2. The minimum absolute atomic E-state index is 0.0792. The average Bonchev–Trinajstić information content (AvgIpc) is 3.39. The number of carbonyl (C=O) groups is 2. The van der Waals surface area contributed by atoms with E-state index in [4.69, 9.17) is 9.47 Å². The second-order valence-corrected chi connectivity index (χ2v) is 5.65. The molecule has 1 saturated heterocycles. The van der Waals surface area contributed by atoms with E-state index in [0.29, 0.717) is 11.3 Å². The molecule has 3 unspecified atom stereocenters. The Hall–Kier alpha value is -2.77. The molecule has 0 radical (unpaired) electrons. The SMILES string of the molecule is COc1cc2ccccc2nc1C(=O)NC1=CC(=O)C2OC2C1O. The van der Waals surface area contributed by atoms with Gasteiger partial charge in [-0.05, 0) is 12.1 Å². The number of pyridine rings is 1. The van der Waals surface area contributed by atoms with E-state index in [0.717, 1.165) is 5.39 Å². The lowest BCUT2D eigenvalue weighted by Crippen LogP contribution is -2.38. The molecule has 1 aliphatic carbocycles. The van der Waals surface area contributed by atoms with Crippen molar-refractivity contribution < 1.29 is 24.2 Å². The van der Waals surface area contributed by atoms with Crippen LogP contribution in [0.4, 0.5) is 0 Å². The van der Waals surface area contributed by atoms with Crippen molar-refractivity contribution in [3.63, 3.8) is 0 Å². The maximum atomic E-state index is 12.6. The molecule has 1 aromatic carbocycles. The quantitative estimate of drug-likeness (QED) is 0.800. The molecular weight excluding hydrogens is 312 g/mol. The van der Waals surface area contributed by atoms with Crippen LogP contribution in [-0.2, 0) is 9.53 Å². The van der Waals surface area contributed by atoms with E-state index in [9.17, 15) is 14.7 Å². The van der Waals surface area contributed by atoms with E-state index in [1.807, 2.05) is 18.2 Å². The lowest BCUT2D eigenvalue weighted by Gasteiger charge is -2.17. The van der Waals surface area contributed by atoms with Gasteiger partial charge in [0.2, 0.25) is 0 Å². The highest BCUT2D eigenvalue weighted by atomic mass is 16.6. The Morgan fingerprint density at radius 1 is 1.38 bits per heavy atom. The zero-order valence-corrected chi connectivity index (χ0v) is 12.7. The topological polar surface area (TPSA) is 101 Å². The van der Waals surface area contributed by atoms with Gasteiger partial charge in [-0.1, -0.05) is 18.2 Å². The number of aliphatic hydroxyl groups is 1. The van der Waals surface area contributed by atoms with E-state index in [1.165, 1.54) is 13.2 Å². The lowest BCUT2D eigenvalue weighted by molar-refractivity contribution is -0.116. The van der Waals surface area contributed by atoms with Gasteiger partial charge in [-0.3, -0.25) is 9.59 Å². The van der Waals surface area contributed by atoms with Crippen molar-refractivity contribution in [3.8, 4) is 5.75 Å². The molecule has 0 saturated carbocycles. The summed E-state index contributed by atoms with van der Waals surface area (Å²) in [5, 5.41) is 13.5. The van der Waals surface area contributed by atoms with Gasteiger partial charge < -0.3 is 19.9 Å². The number of nitrogens with one attached hydrogen (secondary N) is 1. The third-order valence-electron chi connectivity index (χ3n) is 4.12. The van der Waals surface area contributed by atoms with Gasteiger partial charge in [0.05, 0.1) is 18.3 Å². The summed E-state index contributed by atoms with van der Waals surface area (Å²) in [6, 6.07) is 9.05. The molecule has 2 heterocycles. The number of hydrogen-bond donors (Lipinski definition) is 2. The zero-order valence-electron chi connectivity index (χ0n) is 12.7. The Bertz CT molecular complexity index is 892. The van der Waals surface area contributed by atoms with Gasteiger partial charge >= 0.3 is 0 Å². The molecule has 7 nitrogen and oxygen atoms in total. The number of carbonyl (C=O) groups excluding carboxylic acids is 2. The largest absolute Gasteiger partial charge is 0.494 e. The number of aromatic nitrogens is 1. The minimum atomic E-state index is -1.04. The molecule has 2 aromatic rings. The normalized spacial score (nSPS) is 25.0. The summed E-state index contributed by atoms with van der Waals surface area (Å²) < 4.78 is 10.3. The number of rotatable bonds is 3. The van der Waals surface area contributed by atoms with Crippen LogP contribution in [0.5, 0.6) is 5.75 Å². The number of epoxide rings is 1. The first-order valence-electron chi connectivity index (χ1n) is 7.42. The van der Waals surface area contributed by atoms with Gasteiger partial charge in [-0.15, -0.1) is 0 Å². The molecule has 1 aliphatic heterocycles. The predicted octanol–water partition coefficient (Wildman–Crippen LogP) is 0.568. The number of para-hydroxylation sites is 1. The third kappa shape index (κ3) is 2.34. The van der Waals surface area contributed by atoms with Crippen LogP contribution in [0.3, 0.4) is 0 Å². The van der Waals surface area contributed by atoms with Gasteiger partial charge in [-0.2, -0.15) is 0 Å². The summed E-state index contributed by atoms with van der Waals surface area (Å²) in [7, 11) is 1.45. The van der Waals surface area contributed by atoms with Crippen molar-refractivity contribution in [2.24, 2.45) is 0 Å². The molecule has 1 aromatic heterocycles. The van der Waals surface area contributed by atoms with Gasteiger partial charge in [-0.25, -0.2) is 4.98 Å². The average molecular weight is 326 g/mol. The van der Waals surface area contributed by atoms with Crippen LogP contribution >= 0.6 is 0 Å². The van der Waals surface area contributed by atoms with Crippen LogP contribution in [0, 0.1) is 0 Å². The summed E-state index contributed by atoms with van der Waals surface area (Å²) in [6.07, 6.45) is -1.01. The molecule has 7 heteroatoms. The van der Waals surface area contributed by atoms with Crippen LogP contribution < -0.4 is 10.1 Å². The fourth-order valence-electron chi connectivity index (χ4n) is 2.81. The number of amides is 1. The Kier molecular flexibility index (Phi) is 3.33. The second-order valence-electron chi connectivity index (χ2n) is 5.65. The number of aliphatic hydroxyl groups excluding tert-OH is 1. The molecule has 3 atom stereocenters. The molecule has 0 spiro atoms. The van der Waals surface area contributed by atoms with E-state index in [-0.39, 0.29) is 17.2 Å². The van der Waals surface area contributed by atoms with Crippen molar-refractivity contribution >= 4 is 22.6 Å². The first kappa shape index (κ1) is 14.8. The summed E-state index contributed by atoms with van der Waals surface area (Å²) in [4.78, 5) is 28.6. The second kappa shape index (κ2) is 5.40.